The van der Waals surface area contributed by atoms with Crippen molar-refractivity contribution < 1.29 is 13.9 Å². The molecule has 2 rings (SSSR count). The molecule has 0 saturated heterocycles. The van der Waals surface area contributed by atoms with E-state index in [2.05, 4.69) is 0 Å². The van der Waals surface area contributed by atoms with Crippen molar-refractivity contribution in [1.29, 1.82) is 0 Å². The molecule has 19 heavy (non-hydrogen) atoms. The summed E-state index contributed by atoms with van der Waals surface area (Å²) in [5.41, 5.74) is 1.26. The number of ketones is 1. The summed E-state index contributed by atoms with van der Waals surface area (Å²) in [5, 5.41) is 0.638. The van der Waals surface area contributed by atoms with Gasteiger partial charge in [0.2, 0.25) is 0 Å². The number of ether oxygens (including phenoxy) is 1. The highest BCUT2D eigenvalue weighted by Gasteiger charge is 2.09. The van der Waals surface area contributed by atoms with Gasteiger partial charge in [0, 0.05) is 11.1 Å². The molecule has 0 bridgehead atoms. The first kappa shape index (κ1) is 13.6. The second kappa shape index (κ2) is 5.85. The van der Waals surface area contributed by atoms with Gasteiger partial charge >= 0.3 is 0 Å². The number of hydrogen-bond donors (Lipinski definition) is 0. The Bertz CT molecular complexity index is 594. The highest BCUT2D eigenvalue weighted by atomic mass is 35.5. The maximum absolute atomic E-state index is 13.2. The molecule has 0 radical (unpaired) electrons. The Balaban J connectivity index is 2.16. The molecule has 2 aromatic rings. The Kier molecular flexibility index (Phi) is 4.17. The van der Waals surface area contributed by atoms with E-state index in [0.717, 1.165) is 5.56 Å². The molecule has 4 heteroatoms. The highest BCUT2D eigenvalue weighted by Crippen LogP contribution is 2.22. The normalized spacial score (nSPS) is 10.3. The predicted octanol–water partition coefficient (Wildman–Crippen LogP) is 4.26. The lowest BCUT2D eigenvalue weighted by atomic mass is 10.1. The van der Waals surface area contributed by atoms with E-state index in [-0.39, 0.29) is 18.1 Å². The van der Waals surface area contributed by atoms with Crippen molar-refractivity contribution in [2.24, 2.45) is 0 Å². The maximum atomic E-state index is 13.2. The van der Waals surface area contributed by atoms with Crippen LogP contribution in [0.25, 0.3) is 0 Å². The zero-order chi connectivity index (χ0) is 13.8. The molecule has 0 fully saturated rings. The molecule has 0 saturated carbocycles. The van der Waals surface area contributed by atoms with Crippen LogP contribution >= 0.6 is 11.6 Å². The summed E-state index contributed by atoms with van der Waals surface area (Å²) >= 11 is 5.78. The summed E-state index contributed by atoms with van der Waals surface area (Å²) in [6.45, 7) is 1.67. The molecule has 0 amide bonds. The van der Waals surface area contributed by atoms with Crippen LogP contribution in [-0.4, -0.2) is 5.78 Å². The SMILES string of the molecule is CC(=O)c1ccc(F)cc1OCc1ccc(Cl)cc1. The van der Waals surface area contributed by atoms with E-state index in [0.29, 0.717) is 10.6 Å². The van der Waals surface area contributed by atoms with E-state index in [1.54, 1.807) is 12.1 Å². The quantitative estimate of drug-likeness (QED) is 0.781. The van der Waals surface area contributed by atoms with E-state index >= 15 is 0 Å². The third kappa shape index (κ3) is 3.55. The summed E-state index contributed by atoms with van der Waals surface area (Å²) in [7, 11) is 0. The number of Topliss-reactive ketones (excluding diaryl/α,β-unsaturated/α-hetero) is 1. The van der Waals surface area contributed by atoms with Crippen LogP contribution in [0, 0.1) is 5.82 Å². The Morgan fingerprint density at radius 2 is 1.89 bits per heavy atom. The first-order valence-corrected chi connectivity index (χ1v) is 6.12. The van der Waals surface area contributed by atoms with Crippen LogP contribution in [0.4, 0.5) is 4.39 Å². The molecule has 98 valence electrons. The van der Waals surface area contributed by atoms with Crippen molar-refractivity contribution in [3.05, 3.63) is 64.4 Å². The standard InChI is InChI=1S/C15H12ClFO2/c1-10(18)14-7-6-13(17)8-15(14)19-9-11-2-4-12(16)5-3-11/h2-8H,9H2,1H3. The van der Waals surface area contributed by atoms with Crippen molar-refractivity contribution in [2.75, 3.05) is 0 Å². The van der Waals surface area contributed by atoms with Crippen LogP contribution in [-0.2, 0) is 6.61 Å². The lowest BCUT2D eigenvalue weighted by Crippen LogP contribution is -2.02. The molecule has 0 spiro atoms. The van der Waals surface area contributed by atoms with Crippen LogP contribution in [0.2, 0.25) is 5.02 Å². The molecule has 0 aliphatic rings. The minimum Gasteiger partial charge on any atom is -0.488 e. The number of carbonyl (C=O) groups excluding carboxylic acids is 1. The largest absolute Gasteiger partial charge is 0.488 e. The van der Waals surface area contributed by atoms with Gasteiger partial charge < -0.3 is 4.74 Å². The van der Waals surface area contributed by atoms with Gasteiger partial charge in [-0.05, 0) is 36.8 Å². The lowest BCUT2D eigenvalue weighted by molar-refractivity contribution is 0.101. The van der Waals surface area contributed by atoms with Gasteiger partial charge in [0.25, 0.3) is 0 Å². The second-order valence-corrected chi connectivity index (χ2v) is 4.55. The van der Waals surface area contributed by atoms with Crippen LogP contribution in [0.1, 0.15) is 22.8 Å². The van der Waals surface area contributed by atoms with Gasteiger partial charge in [-0.25, -0.2) is 4.39 Å². The zero-order valence-corrected chi connectivity index (χ0v) is 11.1. The Morgan fingerprint density at radius 3 is 2.53 bits per heavy atom. The molecular formula is C15H12ClFO2. The van der Waals surface area contributed by atoms with Crippen LogP contribution < -0.4 is 4.74 Å². The molecule has 0 heterocycles. The van der Waals surface area contributed by atoms with Crippen LogP contribution in [0.5, 0.6) is 5.75 Å². The molecule has 0 N–H and O–H groups in total. The van der Waals surface area contributed by atoms with E-state index < -0.39 is 5.82 Å². The lowest BCUT2D eigenvalue weighted by Gasteiger charge is -2.10. The number of carbonyl (C=O) groups is 1. The molecule has 0 aliphatic carbocycles. The fourth-order valence-corrected chi connectivity index (χ4v) is 1.77. The molecule has 0 aliphatic heterocycles. The number of rotatable bonds is 4. The first-order chi connectivity index (χ1) is 9.06. The summed E-state index contributed by atoms with van der Waals surface area (Å²) in [5.74, 6) is -0.343. The summed E-state index contributed by atoms with van der Waals surface area (Å²) in [6, 6.07) is 11.0. The molecule has 0 aromatic heterocycles. The minimum atomic E-state index is -0.434. The maximum Gasteiger partial charge on any atom is 0.163 e. The van der Waals surface area contributed by atoms with Gasteiger partial charge in [0.15, 0.2) is 5.78 Å². The number of hydrogen-bond acceptors (Lipinski definition) is 2. The van der Waals surface area contributed by atoms with Crippen molar-refractivity contribution in [3.8, 4) is 5.75 Å². The van der Waals surface area contributed by atoms with Gasteiger partial charge in [-0.2, -0.15) is 0 Å². The Morgan fingerprint density at radius 1 is 1.21 bits per heavy atom. The summed E-state index contributed by atoms with van der Waals surface area (Å²) < 4.78 is 18.7. The van der Waals surface area contributed by atoms with Crippen molar-refractivity contribution >= 4 is 17.4 Å². The second-order valence-electron chi connectivity index (χ2n) is 4.11. The van der Waals surface area contributed by atoms with Gasteiger partial charge in [-0.15, -0.1) is 0 Å². The molecular weight excluding hydrogens is 267 g/mol. The third-order valence-corrected chi connectivity index (χ3v) is 2.88. The highest BCUT2D eigenvalue weighted by molar-refractivity contribution is 6.30. The molecule has 0 atom stereocenters. The van der Waals surface area contributed by atoms with E-state index in [1.165, 1.54) is 25.1 Å². The van der Waals surface area contributed by atoms with Crippen LogP contribution in [0.3, 0.4) is 0 Å². The predicted molar refractivity (Wildman–Crippen MR) is 72.2 cm³/mol. The van der Waals surface area contributed by atoms with Gasteiger partial charge in [0.05, 0.1) is 5.56 Å². The number of benzene rings is 2. The Hall–Kier alpha value is -1.87. The number of halogens is 2. The molecule has 0 unspecified atom stereocenters. The van der Waals surface area contributed by atoms with E-state index in [4.69, 9.17) is 16.3 Å². The van der Waals surface area contributed by atoms with E-state index in [9.17, 15) is 9.18 Å². The average Bonchev–Trinajstić information content (AvgIpc) is 2.38. The minimum absolute atomic E-state index is 0.161. The summed E-state index contributed by atoms with van der Waals surface area (Å²) in [4.78, 5) is 11.4. The Labute approximate surface area is 115 Å². The van der Waals surface area contributed by atoms with Gasteiger partial charge in [-0.1, -0.05) is 23.7 Å². The van der Waals surface area contributed by atoms with E-state index in [1.807, 2.05) is 12.1 Å². The van der Waals surface area contributed by atoms with Gasteiger partial charge in [-0.3, -0.25) is 4.79 Å². The first-order valence-electron chi connectivity index (χ1n) is 5.74. The van der Waals surface area contributed by atoms with Crippen molar-refractivity contribution in [2.45, 2.75) is 13.5 Å². The smallest absolute Gasteiger partial charge is 0.163 e. The average molecular weight is 279 g/mol. The topological polar surface area (TPSA) is 26.3 Å². The monoisotopic (exact) mass is 278 g/mol. The third-order valence-electron chi connectivity index (χ3n) is 2.63. The fraction of sp³-hybridized carbons (Fsp3) is 0.133. The summed E-state index contributed by atoms with van der Waals surface area (Å²) in [6.07, 6.45) is 0. The molecule has 2 aromatic carbocycles. The van der Waals surface area contributed by atoms with Gasteiger partial charge in [0.1, 0.15) is 18.2 Å². The fourth-order valence-electron chi connectivity index (χ4n) is 1.65. The zero-order valence-electron chi connectivity index (χ0n) is 10.3. The van der Waals surface area contributed by atoms with Crippen molar-refractivity contribution in [1.82, 2.24) is 0 Å². The van der Waals surface area contributed by atoms with Crippen molar-refractivity contribution in [3.63, 3.8) is 0 Å². The molecule has 2 nitrogen and oxygen atoms in total. The van der Waals surface area contributed by atoms with Crippen LogP contribution in [0.15, 0.2) is 42.5 Å².